The zero-order chi connectivity index (χ0) is 14.4. The topological polar surface area (TPSA) is 9.23 Å². The Balaban J connectivity index is 1.91. The van der Waals surface area contributed by atoms with E-state index >= 15 is 0 Å². The summed E-state index contributed by atoms with van der Waals surface area (Å²) in [6.07, 6.45) is 8.33. The van der Waals surface area contributed by atoms with Gasteiger partial charge >= 0.3 is 0 Å². The Morgan fingerprint density at radius 1 is 1.10 bits per heavy atom. The van der Waals surface area contributed by atoms with Crippen LogP contribution in [0.15, 0.2) is 24.3 Å². The maximum atomic E-state index is 5.53. The lowest BCUT2D eigenvalue weighted by atomic mass is 9.71. The van der Waals surface area contributed by atoms with Crippen LogP contribution < -0.4 is 4.74 Å². The molecular weight excluding hydrogens is 244 g/mol. The number of ether oxygens (including phenoxy) is 1. The van der Waals surface area contributed by atoms with E-state index < -0.39 is 0 Å². The second kappa shape index (κ2) is 7.71. The molecule has 3 unspecified atom stereocenters. The Kier molecular flexibility index (Phi) is 5.94. The van der Waals surface area contributed by atoms with Crippen LogP contribution in [0.25, 0.3) is 0 Å². The number of rotatable bonds is 6. The minimum atomic E-state index is 0.749. The Hall–Kier alpha value is -0.980. The molecule has 0 aliphatic heterocycles. The Morgan fingerprint density at radius 3 is 2.45 bits per heavy atom. The van der Waals surface area contributed by atoms with Crippen molar-refractivity contribution in [3.05, 3.63) is 29.8 Å². The van der Waals surface area contributed by atoms with Crippen LogP contribution in [-0.2, 0) is 0 Å². The third kappa shape index (κ3) is 4.01. The molecule has 0 bridgehead atoms. The van der Waals surface area contributed by atoms with Crippen molar-refractivity contribution in [3.63, 3.8) is 0 Å². The predicted molar refractivity (Wildman–Crippen MR) is 86.4 cm³/mol. The lowest BCUT2D eigenvalue weighted by molar-refractivity contribution is 0.216. The van der Waals surface area contributed by atoms with E-state index in [-0.39, 0.29) is 0 Å². The molecule has 1 heteroatoms. The molecule has 1 aromatic carbocycles. The van der Waals surface area contributed by atoms with Gasteiger partial charge in [0.05, 0.1) is 6.61 Å². The summed E-state index contributed by atoms with van der Waals surface area (Å²) in [7, 11) is 0. The van der Waals surface area contributed by atoms with Gasteiger partial charge in [-0.2, -0.15) is 0 Å². The van der Waals surface area contributed by atoms with E-state index in [0.717, 1.165) is 30.1 Å². The number of hydrogen-bond donors (Lipinski definition) is 0. The molecule has 3 atom stereocenters. The van der Waals surface area contributed by atoms with Gasteiger partial charge in [0.25, 0.3) is 0 Å². The molecule has 1 aliphatic carbocycles. The number of unbranched alkanes of at least 4 members (excludes halogenated alkanes) is 1. The zero-order valence-corrected chi connectivity index (χ0v) is 13.4. The van der Waals surface area contributed by atoms with Gasteiger partial charge in [-0.3, -0.25) is 0 Å². The fourth-order valence-corrected chi connectivity index (χ4v) is 3.66. The highest BCUT2D eigenvalue weighted by atomic mass is 16.5. The van der Waals surface area contributed by atoms with Gasteiger partial charge in [-0.1, -0.05) is 45.2 Å². The van der Waals surface area contributed by atoms with Crippen molar-refractivity contribution in [3.8, 4) is 5.75 Å². The number of benzene rings is 1. The van der Waals surface area contributed by atoms with E-state index in [2.05, 4.69) is 38.1 Å². The third-order valence-electron chi connectivity index (χ3n) is 4.94. The summed E-state index contributed by atoms with van der Waals surface area (Å²) in [6, 6.07) is 8.81. The van der Waals surface area contributed by atoms with Crippen molar-refractivity contribution in [1.29, 1.82) is 0 Å². The Labute approximate surface area is 124 Å². The molecule has 112 valence electrons. The van der Waals surface area contributed by atoms with Gasteiger partial charge in [0, 0.05) is 0 Å². The van der Waals surface area contributed by atoms with Crippen LogP contribution in [0.1, 0.15) is 70.8 Å². The highest BCUT2D eigenvalue weighted by Gasteiger charge is 2.27. The van der Waals surface area contributed by atoms with Gasteiger partial charge in [-0.15, -0.1) is 0 Å². The first kappa shape index (κ1) is 15.4. The quantitative estimate of drug-likeness (QED) is 0.637. The maximum absolute atomic E-state index is 5.53. The van der Waals surface area contributed by atoms with E-state index in [4.69, 9.17) is 4.74 Å². The molecule has 0 amide bonds. The molecule has 0 heterocycles. The molecular formula is C19H30O. The minimum Gasteiger partial charge on any atom is -0.494 e. The van der Waals surface area contributed by atoms with Crippen molar-refractivity contribution in [2.24, 2.45) is 11.8 Å². The van der Waals surface area contributed by atoms with Crippen LogP contribution in [0.2, 0.25) is 0 Å². The molecule has 20 heavy (non-hydrogen) atoms. The van der Waals surface area contributed by atoms with Crippen LogP contribution in [0.4, 0.5) is 0 Å². The molecule has 1 saturated carbocycles. The SMILES string of the molecule is CCCCC1CCC(c2ccc(OCC)cc2)CC1C. The minimum absolute atomic E-state index is 0.749. The standard InChI is InChI=1S/C19H30O/c1-4-6-7-16-8-9-18(14-15(16)3)17-10-12-19(13-11-17)20-5-2/h10-13,15-16,18H,4-9,14H2,1-3H3. The predicted octanol–water partition coefficient (Wildman–Crippen LogP) is 5.80. The second-order valence-corrected chi connectivity index (χ2v) is 6.39. The summed E-state index contributed by atoms with van der Waals surface area (Å²) in [5.41, 5.74) is 1.51. The molecule has 1 aliphatic rings. The summed E-state index contributed by atoms with van der Waals surface area (Å²) >= 11 is 0. The normalized spacial score (nSPS) is 26.4. The average Bonchev–Trinajstić information content (AvgIpc) is 2.47. The highest BCUT2D eigenvalue weighted by Crippen LogP contribution is 2.41. The van der Waals surface area contributed by atoms with Crippen LogP contribution >= 0.6 is 0 Å². The maximum Gasteiger partial charge on any atom is 0.119 e. The van der Waals surface area contributed by atoms with Gasteiger partial charge in [0.15, 0.2) is 0 Å². The lowest BCUT2D eigenvalue weighted by Gasteiger charge is -2.34. The summed E-state index contributed by atoms with van der Waals surface area (Å²) < 4.78 is 5.53. The van der Waals surface area contributed by atoms with Crippen molar-refractivity contribution in [2.75, 3.05) is 6.61 Å². The van der Waals surface area contributed by atoms with Crippen molar-refractivity contribution < 1.29 is 4.74 Å². The smallest absolute Gasteiger partial charge is 0.119 e. The van der Waals surface area contributed by atoms with E-state index in [0.29, 0.717) is 0 Å². The van der Waals surface area contributed by atoms with E-state index in [1.807, 2.05) is 6.92 Å². The summed E-state index contributed by atoms with van der Waals surface area (Å²) in [6.45, 7) is 7.55. The zero-order valence-electron chi connectivity index (χ0n) is 13.4. The molecule has 2 rings (SSSR count). The fourth-order valence-electron chi connectivity index (χ4n) is 3.66. The molecule has 0 saturated heterocycles. The summed E-state index contributed by atoms with van der Waals surface area (Å²) in [5, 5.41) is 0. The molecule has 0 spiro atoms. The van der Waals surface area contributed by atoms with Crippen LogP contribution in [0.5, 0.6) is 5.75 Å². The monoisotopic (exact) mass is 274 g/mol. The first-order chi connectivity index (χ1) is 9.74. The summed E-state index contributed by atoms with van der Waals surface area (Å²) in [5.74, 6) is 3.61. The van der Waals surface area contributed by atoms with Crippen molar-refractivity contribution in [2.45, 2.75) is 65.2 Å². The lowest BCUT2D eigenvalue weighted by Crippen LogP contribution is -2.21. The van der Waals surface area contributed by atoms with E-state index in [1.165, 1.54) is 44.1 Å². The van der Waals surface area contributed by atoms with E-state index in [1.54, 1.807) is 0 Å². The van der Waals surface area contributed by atoms with Gasteiger partial charge in [-0.25, -0.2) is 0 Å². The van der Waals surface area contributed by atoms with E-state index in [9.17, 15) is 0 Å². The first-order valence-electron chi connectivity index (χ1n) is 8.47. The number of hydrogen-bond acceptors (Lipinski definition) is 1. The van der Waals surface area contributed by atoms with Crippen molar-refractivity contribution >= 4 is 0 Å². The van der Waals surface area contributed by atoms with Gasteiger partial charge in [0.2, 0.25) is 0 Å². The molecule has 0 radical (unpaired) electrons. The fraction of sp³-hybridized carbons (Fsp3) is 0.684. The molecule has 1 fully saturated rings. The van der Waals surface area contributed by atoms with Gasteiger partial charge in [0.1, 0.15) is 5.75 Å². The molecule has 0 N–H and O–H groups in total. The first-order valence-corrected chi connectivity index (χ1v) is 8.47. The van der Waals surface area contributed by atoms with Crippen LogP contribution in [0, 0.1) is 11.8 Å². The van der Waals surface area contributed by atoms with Crippen molar-refractivity contribution in [1.82, 2.24) is 0 Å². The van der Waals surface area contributed by atoms with Crippen LogP contribution in [-0.4, -0.2) is 6.61 Å². The van der Waals surface area contributed by atoms with Gasteiger partial charge < -0.3 is 4.74 Å². The Morgan fingerprint density at radius 2 is 1.85 bits per heavy atom. The second-order valence-electron chi connectivity index (χ2n) is 6.39. The highest BCUT2D eigenvalue weighted by molar-refractivity contribution is 5.29. The molecule has 0 aromatic heterocycles. The molecule has 1 aromatic rings. The average molecular weight is 274 g/mol. The van der Waals surface area contributed by atoms with Gasteiger partial charge in [-0.05, 0) is 61.6 Å². The summed E-state index contributed by atoms with van der Waals surface area (Å²) in [4.78, 5) is 0. The third-order valence-corrected chi connectivity index (χ3v) is 4.94. The largest absolute Gasteiger partial charge is 0.494 e. The molecule has 1 nitrogen and oxygen atoms in total. The van der Waals surface area contributed by atoms with Crippen LogP contribution in [0.3, 0.4) is 0 Å². The Bertz CT molecular complexity index is 381.